The molecule has 10 rings (SSSR count). The standard InChI is InChI=1S/C60H70N2O8S2/c1-4-38-15-16-39-10-9-11-41-34-71-72-35-43-27-53(66)60(32-36-14-18-50(64)52(25-36)70-47-12-5-6-13-47,45-28-44(29-46(63)30-45)59(61-2)21-7-8-22-59)58(68)55(43)56(67)42(24-37-20-23-62-33-37)26-40-17-19-51(65)57(69-3)49(40)31-48(38)54(39)41/h9-11,14-20,23,25,28-30,33,42-43,47,53,55-56,61-67H,4-8,12-13,21-22,24,26-27,31-32,34-35H2,1-3H3/t42-,43+,53-,55-,56+,60-/m1/s1. The number of aliphatic hydroxyl groups is 2. The van der Waals surface area contributed by atoms with Crippen LogP contribution in [0.25, 0.3) is 10.8 Å². The van der Waals surface area contributed by atoms with E-state index in [1.54, 1.807) is 59.0 Å². The number of ether oxygens (including phenoxy) is 2. The summed E-state index contributed by atoms with van der Waals surface area (Å²) < 4.78 is 12.5. The van der Waals surface area contributed by atoms with Gasteiger partial charge in [-0.3, -0.25) is 4.79 Å². The van der Waals surface area contributed by atoms with Crippen LogP contribution in [-0.4, -0.2) is 74.5 Å². The Bertz CT molecular complexity index is 2890. The highest BCUT2D eigenvalue weighted by molar-refractivity contribution is 8.76. The summed E-state index contributed by atoms with van der Waals surface area (Å²) in [6, 6.07) is 27.2. The second-order valence-electron chi connectivity index (χ2n) is 21.1. The van der Waals surface area contributed by atoms with E-state index in [-0.39, 0.29) is 42.0 Å². The number of rotatable bonds is 11. The predicted molar refractivity (Wildman–Crippen MR) is 289 cm³/mol. The van der Waals surface area contributed by atoms with Crippen LogP contribution in [0.15, 0.2) is 97.3 Å². The molecule has 2 heterocycles. The molecule has 5 aromatic carbocycles. The van der Waals surface area contributed by atoms with Crippen molar-refractivity contribution in [1.82, 2.24) is 10.3 Å². The van der Waals surface area contributed by atoms with Gasteiger partial charge in [0, 0.05) is 47.3 Å². The van der Waals surface area contributed by atoms with E-state index in [0.29, 0.717) is 53.4 Å². The minimum absolute atomic E-state index is 0.0115. The molecule has 1 aliphatic heterocycles. The second-order valence-corrected chi connectivity index (χ2v) is 23.6. The number of Topliss-reactive ketones (excluding diaryl/α,β-unsaturated/α-hetero) is 1. The molecule has 3 saturated carbocycles. The van der Waals surface area contributed by atoms with Crippen LogP contribution in [0.2, 0.25) is 0 Å². The number of aromatic nitrogens is 1. The third kappa shape index (κ3) is 9.63. The molecular formula is C60H70N2O8S2. The molecule has 4 aliphatic rings. The molecule has 72 heavy (non-hydrogen) atoms. The lowest BCUT2D eigenvalue weighted by molar-refractivity contribution is -0.149. The highest BCUT2D eigenvalue weighted by Gasteiger charge is 2.58. The number of aliphatic hydroxyl groups excluding tert-OH is 2. The van der Waals surface area contributed by atoms with Crippen molar-refractivity contribution in [3.8, 4) is 28.7 Å². The molecule has 1 aromatic heterocycles. The van der Waals surface area contributed by atoms with Crippen LogP contribution in [0.1, 0.15) is 115 Å². The Labute approximate surface area is 431 Å². The average Bonchev–Trinajstić information content (AvgIpc) is 4.21. The molecule has 6 atom stereocenters. The van der Waals surface area contributed by atoms with Gasteiger partial charge in [-0.05, 0) is 181 Å². The molecule has 7 N–H and O–H groups in total. The molecule has 12 heteroatoms. The zero-order valence-electron chi connectivity index (χ0n) is 41.8. The number of phenolic OH excluding ortho intramolecular Hbond substituents is 3. The van der Waals surface area contributed by atoms with Gasteiger partial charge in [-0.1, -0.05) is 89.9 Å². The van der Waals surface area contributed by atoms with Crippen LogP contribution >= 0.6 is 21.6 Å². The van der Waals surface area contributed by atoms with E-state index in [1.165, 1.54) is 22.1 Å². The van der Waals surface area contributed by atoms with Gasteiger partial charge in [0.25, 0.3) is 0 Å². The summed E-state index contributed by atoms with van der Waals surface area (Å²) in [7, 11) is 6.94. The molecule has 3 aliphatic carbocycles. The van der Waals surface area contributed by atoms with E-state index in [0.717, 1.165) is 85.4 Å². The van der Waals surface area contributed by atoms with Crippen LogP contribution in [0.4, 0.5) is 0 Å². The molecule has 0 unspecified atom stereocenters. The van der Waals surface area contributed by atoms with Gasteiger partial charge in [0.2, 0.25) is 0 Å². The number of aromatic hydroxyl groups is 3. The van der Waals surface area contributed by atoms with Crippen LogP contribution in [0.3, 0.4) is 0 Å². The van der Waals surface area contributed by atoms with E-state index in [2.05, 4.69) is 47.6 Å². The van der Waals surface area contributed by atoms with Gasteiger partial charge in [0.15, 0.2) is 28.8 Å². The molecule has 380 valence electrons. The number of ketones is 1. The minimum Gasteiger partial charge on any atom is -0.508 e. The molecular weight excluding hydrogens is 941 g/mol. The maximum absolute atomic E-state index is 16.7. The van der Waals surface area contributed by atoms with Crippen molar-refractivity contribution in [3.05, 3.63) is 147 Å². The van der Waals surface area contributed by atoms with E-state index in [9.17, 15) is 25.5 Å². The summed E-state index contributed by atoms with van der Waals surface area (Å²) in [4.78, 5) is 19.9. The van der Waals surface area contributed by atoms with Crippen molar-refractivity contribution in [3.63, 3.8) is 0 Å². The first-order valence-electron chi connectivity index (χ1n) is 26.1. The van der Waals surface area contributed by atoms with Gasteiger partial charge < -0.3 is 45.3 Å². The first-order valence-corrected chi connectivity index (χ1v) is 28.6. The number of carbonyl (C=O) groups excluding carboxylic acids is 1. The maximum atomic E-state index is 16.7. The first-order chi connectivity index (χ1) is 34.9. The number of phenols is 3. The summed E-state index contributed by atoms with van der Waals surface area (Å²) in [5, 5.41) is 67.1. The summed E-state index contributed by atoms with van der Waals surface area (Å²) in [5.41, 5.74) is 6.36. The molecule has 0 radical (unpaired) electrons. The zero-order valence-corrected chi connectivity index (χ0v) is 43.4. The first kappa shape index (κ1) is 50.4. The summed E-state index contributed by atoms with van der Waals surface area (Å²) in [6.07, 6.45) is 11.4. The number of aryl methyl sites for hydroxylation is 1. The predicted octanol–water partition coefficient (Wildman–Crippen LogP) is 11.2. The van der Waals surface area contributed by atoms with Crippen LogP contribution in [0, 0.1) is 17.8 Å². The van der Waals surface area contributed by atoms with Gasteiger partial charge in [-0.25, -0.2) is 0 Å². The maximum Gasteiger partial charge on any atom is 0.164 e. The fraction of sp³-hybridized carbons (Fsp3) is 0.450. The average molecular weight is 1010 g/mol. The quantitative estimate of drug-likeness (QED) is 0.0618. The Morgan fingerprint density at radius 3 is 2.38 bits per heavy atom. The Kier molecular flexibility index (Phi) is 15.0. The van der Waals surface area contributed by atoms with Crippen molar-refractivity contribution in [2.24, 2.45) is 17.8 Å². The number of carbonyl (C=O) groups is 1. The number of methoxy groups -OCH3 is 1. The lowest BCUT2D eigenvalue weighted by atomic mass is 9.55. The number of hydrogen-bond acceptors (Lipinski definition) is 11. The third-order valence-corrected chi connectivity index (χ3v) is 19.5. The normalized spacial score (nSPS) is 24.8. The SMILES string of the molecule is CCc1ccc2cccc3c2c1Cc1c(ccc(O)c1OC)C[C@@H](Cc1cc[nH]c1)[C@H](O)[C@@H]1C(=O)[C@](Cc2ccc(O)c(OC4CCCC4)c2)(c2cc(O)cc(C4(NC)CCCC4)c2)[C@H](O)C[C@H]1CSSC3. The topological polar surface area (TPSA) is 164 Å². The Hall–Kier alpha value is -5.11. The summed E-state index contributed by atoms with van der Waals surface area (Å²) in [5.74, 6) is -0.127. The number of benzene rings is 5. The molecule has 0 bridgehead atoms. The van der Waals surface area contributed by atoms with Gasteiger partial charge in [0.05, 0.1) is 30.8 Å². The molecule has 3 fully saturated rings. The smallest absolute Gasteiger partial charge is 0.164 e. The monoisotopic (exact) mass is 1010 g/mol. The van der Waals surface area contributed by atoms with Crippen molar-refractivity contribution in [1.29, 1.82) is 0 Å². The van der Waals surface area contributed by atoms with E-state index >= 15 is 4.79 Å². The highest BCUT2D eigenvalue weighted by atomic mass is 33.1. The number of hydrogen-bond donors (Lipinski definition) is 7. The molecule has 0 saturated heterocycles. The van der Waals surface area contributed by atoms with Crippen LogP contribution < -0.4 is 14.8 Å². The van der Waals surface area contributed by atoms with Gasteiger partial charge in [0.1, 0.15) is 5.75 Å². The van der Waals surface area contributed by atoms with Crippen LogP contribution in [0.5, 0.6) is 28.7 Å². The highest BCUT2D eigenvalue weighted by Crippen LogP contribution is 2.52. The van der Waals surface area contributed by atoms with Crippen molar-refractivity contribution in [2.45, 2.75) is 132 Å². The van der Waals surface area contributed by atoms with Crippen molar-refractivity contribution >= 4 is 38.1 Å². The Morgan fingerprint density at radius 1 is 0.833 bits per heavy atom. The summed E-state index contributed by atoms with van der Waals surface area (Å²) >= 11 is 0. The van der Waals surface area contributed by atoms with Gasteiger partial charge in [-0.15, -0.1) is 0 Å². The lowest BCUT2D eigenvalue weighted by Gasteiger charge is -2.49. The Morgan fingerprint density at radius 2 is 1.62 bits per heavy atom. The largest absolute Gasteiger partial charge is 0.508 e. The van der Waals surface area contributed by atoms with Crippen LogP contribution in [-0.2, 0) is 53.6 Å². The Balaban J connectivity index is 1.14. The molecule has 0 spiro atoms. The van der Waals surface area contributed by atoms with Gasteiger partial charge in [-0.2, -0.15) is 0 Å². The lowest BCUT2D eigenvalue weighted by Crippen LogP contribution is -2.61. The van der Waals surface area contributed by atoms with E-state index in [1.807, 2.05) is 43.7 Å². The number of aromatic amines is 1. The fourth-order valence-corrected chi connectivity index (χ4v) is 15.7. The third-order valence-electron chi connectivity index (χ3n) is 17.1. The minimum atomic E-state index is -1.62. The van der Waals surface area contributed by atoms with E-state index in [4.69, 9.17) is 9.47 Å². The molecule has 10 nitrogen and oxygen atoms in total. The zero-order chi connectivity index (χ0) is 50.1. The number of nitrogens with one attached hydrogen (secondary N) is 2. The van der Waals surface area contributed by atoms with E-state index < -0.39 is 40.9 Å². The fourth-order valence-electron chi connectivity index (χ4n) is 13.2. The molecule has 6 aromatic rings. The van der Waals surface area contributed by atoms with Crippen molar-refractivity contribution < 1.29 is 39.8 Å². The number of fused-ring (bicyclic) bond motifs is 2. The summed E-state index contributed by atoms with van der Waals surface area (Å²) in [6.45, 7) is 2.17. The van der Waals surface area contributed by atoms with Gasteiger partial charge >= 0.3 is 0 Å². The van der Waals surface area contributed by atoms with Crippen molar-refractivity contribution in [2.75, 3.05) is 19.9 Å². The second kappa shape index (κ2) is 21.4. The molecule has 0 amide bonds. The number of H-pyrrole nitrogens is 1.